The molecule has 140 valence electrons. The van der Waals surface area contributed by atoms with Crippen molar-refractivity contribution in [2.75, 3.05) is 5.32 Å². The summed E-state index contributed by atoms with van der Waals surface area (Å²) in [6.07, 6.45) is 4.04. The number of primary amides is 1. The Labute approximate surface area is 161 Å². The predicted molar refractivity (Wildman–Crippen MR) is 105 cm³/mol. The summed E-state index contributed by atoms with van der Waals surface area (Å²) >= 11 is 0. The standard InChI is InChI=1S/C20H19N7O/c21-18(28)14-6-7-15(8-14)23-20-22-11-17-19(24-20)27(26-25-17)16-9-12-4-2-1-3-5-13(12)10-16/h1-5,9-11,14-15H,6-8H2,(H2,21,28)(H,22,23,24). The third-order valence-electron chi connectivity index (χ3n) is 5.32. The van der Waals surface area contributed by atoms with Gasteiger partial charge in [0, 0.05) is 12.0 Å². The zero-order chi connectivity index (χ0) is 19.1. The molecule has 8 nitrogen and oxygen atoms in total. The van der Waals surface area contributed by atoms with E-state index in [9.17, 15) is 4.79 Å². The monoisotopic (exact) mass is 373 g/mol. The summed E-state index contributed by atoms with van der Waals surface area (Å²) in [5, 5.41) is 11.8. The molecule has 28 heavy (non-hydrogen) atoms. The minimum absolute atomic E-state index is 0.0773. The van der Waals surface area contributed by atoms with E-state index < -0.39 is 0 Å². The van der Waals surface area contributed by atoms with Gasteiger partial charge in [0.2, 0.25) is 11.9 Å². The zero-order valence-electron chi connectivity index (χ0n) is 15.1. The highest BCUT2D eigenvalue weighted by atomic mass is 16.1. The fourth-order valence-electron chi connectivity index (χ4n) is 3.85. The molecule has 3 aliphatic carbocycles. The second-order valence-electron chi connectivity index (χ2n) is 7.19. The number of fused-ring (bicyclic) bond motifs is 2. The maximum atomic E-state index is 11.4. The molecule has 0 spiro atoms. The van der Waals surface area contributed by atoms with Crippen LogP contribution in [0.4, 0.5) is 5.95 Å². The van der Waals surface area contributed by atoms with Crippen molar-refractivity contribution in [3.63, 3.8) is 0 Å². The van der Waals surface area contributed by atoms with Crippen molar-refractivity contribution >= 4 is 23.0 Å². The lowest BCUT2D eigenvalue weighted by Gasteiger charge is -2.12. The highest BCUT2D eigenvalue weighted by Crippen LogP contribution is 2.29. The van der Waals surface area contributed by atoms with E-state index in [0.717, 1.165) is 29.7 Å². The number of nitrogens with zero attached hydrogens (tertiary/aromatic N) is 5. The largest absolute Gasteiger partial charge is 0.369 e. The van der Waals surface area contributed by atoms with Crippen molar-refractivity contribution in [3.8, 4) is 16.8 Å². The van der Waals surface area contributed by atoms with Crippen LogP contribution in [-0.4, -0.2) is 36.9 Å². The van der Waals surface area contributed by atoms with Crippen molar-refractivity contribution in [2.45, 2.75) is 25.3 Å². The van der Waals surface area contributed by atoms with E-state index in [1.807, 2.05) is 18.2 Å². The van der Waals surface area contributed by atoms with Crippen molar-refractivity contribution in [2.24, 2.45) is 11.7 Å². The van der Waals surface area contributed by atoms with E-state index in [0.29, 0.717) is 23.5 Å². The van der Waals surface area contributed by atoms with Crippen molar-refractivity contribution in [1.29, 1.82) is 0 Å². The maximum Gasteiger partial charge on any atom is 0.225 e. The fraction of sp³-hybridized carbons (Fsp3) is 0.250. The SMILES string of the molecule is NC(=O)C1CCC(Nc2ncc3nnn(-c4cc5cccccc-5c4)c3n2)C1. The van der Waals surface area contributed by atoms with Gasteiger partial charge in [-0.2, -0.15) is 9.67 Å². The summed E-state index contributed by atoms with van der Waals surface area (Å²) in [5.74, 6) is 0.194. The Hall–Kier alpha value is -3.55. The lowest BCUT2D eigenvalue weighted by Crippen LogP contribution is -2.23. The predicted octanol–water partition coefficient (Wildman–Crippen LogP) is 2.38. The number of amides is 1. The number of carbonyl (C=O) groups is 1. The minimum atomic E-state index is -0.236. The van der Waals surface area contributed by atoms with Crippen LogP contribution in [0.15, 0.2) is 48.7 Å². The van der Waals surface area contributed by atoms with E-state index in [-0.39, 0.29) is 17.9 Å². The van der Waals surface area contributed by atoms with E-state index in [1.54, 1.807) is 10.9 Å². The Bertz CT molecular complexity index is 1110. The van der Waals surface area contributed by atoms with Gasteiger partial charge in [-0.05, 0) is 42.5 Å². The number of nitrogens with two attached hydrogens (primary N) is 1. The van der Waals surface area contributed by atoms with Gasteiger partial charge in [-0.3, -0.25) is 4.79 Å². The molecule has 3 N–H and O–H groups in total. The molecule has 2 unspecified atom stereocenters. The first-order valence-electron chi connectivity index (χ1n) is 9.31. The van der Waals surface area contributed by atoms with Gasteiger partial charge in [-0.25, -0.2) is 4.98 Å². The fourth-order valence-corrected chi connectivity index (χ4v) is 3.85. The second-order valence-corrected chi connectivity index (χ2v) is 7.19. The third kappa shape index (κ3) is 2.92. The molecular weight excluding hydrogens is 354 g/mol. The van der Waals surface area contributed by atoms with Crippen LogP contribution >= 0.6 is 0 Å². The van der Waals surface area contributed by atoms with Gasteiger partial charge in [0.05, 0.1) is 11.9 Å². The summed E-state index contributed by atoms with van der Waals surface area (Å²) in [6, 6.07) is 14.4. The quantitative estimate of drug-likeness (QED) is 0.568. The average molecular weight is 373 g/mol. The molecule has 0 bridgehead atoms. The Morgan fingerprint density at radius 3 is 2.64 bits per heavy atom. The molecule has 3 aliphatic rings. The van der Waals surface area contributed by atoms with E-state index in [2.05, 4.69) is 49.9 Å². The molecule has 2 atom stereocenters. The molecule has 2 heterocycles. The van der Waals surface area contributed by atoms with Gasteiger partial charge >= 0.3 is 0 Å². The van der Waals surface area contributed by atoms with Crippen molar-refractivity contribution in [3.05, 3.63) is 48.7 Å². The smallest absolute Gasteiger partial charge is 0.225 e. The highest BCUT2D eigenvalue weighted by molar-refractivity contribution is 5.77. The third-order valence-corrected chi connectivity index (χ3v) is 5.32. The molecule has 2 aromatic rings. The number of anilines is 1. The molecule has 8 heteroatoms. The van der Waals surface area contributed by atoms with Crippen LogP contribution in [0.1, 0.15) is 19.3 Å². The van der Waals surface area contributed by atoms with Crippen molar-refractivity contribution in [1.82, 2.24) is 25.0 Å². The minimum Gasteiger partial charge on any atom is -0.369 e. The molecule has 5 rings (SSSR count). The number of nitrogens with one attached hydrogen (secondary N) is 1. The van der Waals surface area contributed by atoms with Gasteiger partial charge in [0.25, 0.3) is 0 Å². The Balaban J connectivity index is 1.47. The Morgan fingerprint density at radius 2 is 1.93 bits per heavy atom. The molecule has 2 aromatic heterocycles. The van der Waals surface area contributed by atoms with Crippen LogP contribution in [0.25, 0.3) is 28.0 Å². The number of carbonyl (C=O) groups excluding carboxylic acids is 1. The molecule has 1 fully saturated rings. The van der Waals surface area contributed by atoms with Crippen LogP contribution in [0.5, 0.6) is 0 Å². The van der Waals surface area contributed by atoms with E-state index in [1.165, 1.54) is 0 Å². The number of aromatic nitrogens is 5. The molecule has 1 amide bonds. The first-order chi connectivity index (χ1) is 13.7. The van der Waals surface area contributed by atoms with Crippen LogP contribution in [-0.2, 0) is 4.79 Å². The molecule has 0 aromatic carbocycles. The van der Waals surface area contributed by atoms with Gasteiger partial charge in [0.15, 0.2) is 11.2 Å². The van der Waals surface area contributed by atoms with E-state index >= 15 is 0 Å². The number of hydrogen-bond donors (Lipinski definition) is 2. The van der Waals surface area contributed by atoms with Gasteiger partial charge in [0.1, 0.15) is 0 Å². The maximum absolute atomic E-state index is 11.4. The normalized spacial score (nSPS) is 19.3. The number of rotatable bonds is 4. The zero-order valence-corrected chi connectivity index (χ0v) is 15.1. The summed E-state index contributed by atoms with van der Waals surface area (Å²) in [5.41, 5.74) is 9.84. The van der Waals surface area contributed by atoms with Gasteiger partial charge in [-0.15, -0.1) is 5.10 Å². The molecule has 0 radical (unpaired) electrons. The van der Waals surface area contributed by atoms with Crippen LogP contribution in [0, 0.1) is 5.92 Å². The lowest BCUT2D eigenvalue weighted by atomic mass is 10.1. The summed E-state index contributed by atoms with van der Waals surface area (Å²) < 4.78 is 1.73. The van der Waals surface area contributed by atoms with E-state index in [4.69, 9.17) is 5.73 Å². The summed E-state index contributed by atoms with van der Waals surface area (Å²) in [6.45, 7) is 0. The molecule has 0 aliphatic heterocycles. The first-order valence-corrected chi connectivity index (χ1v) is 9.31. The van der Waals surface area contributed by atoms with Crippen LogP contribution < -0.4 is 11.1 Å². The van der Waals surface area contributed by atoms with Gasteiger partial charge < -0.3 is 11.1 Å². The molecular formula is C20H19N7O. The topological polar surface area (TPSA) is 112 Å². The first kappa shape index (κ1) is 16.6. The summed E-state index contributed by atoms with van der Waals surface area (Å²) in [7, 11) is 0. The Kier molecular flexibility index (Phi) is 3.89. The lowest BCUT2D eigenvalue weighted by molar-refractivity contribution is -0.121. The van der Waals surface area contributed by atoms with Crippen LogP contribution in [0.2, 0.25) is 0 Å². The van der Waals surface area contributed by atoms with Crippen LogP contribution in [0.3, 0.4) is 0 Å². The van der Waals surface area contributed by atoms with Crippen molar-refractivity contribution < 1.29 is 4.79 Å². The Morgan fingerprint density at radius 1 is 1.14 bits per heavy atom. The molecule has 0 saturated heterocycles. The second kappa shape index (κ2) is 6.56. The van der Waals surface area contributed by atoms with Gasteiger partial charge in [-0.1, -0.05) is 35.5 Å². The highest BCUT2D eigenvalue weighted by Gasteiger charge is 2.29. The number of hydrogen-bond acceptors (Lipinski definition) is 6. The molecule has 1 saturated carbocycles. The average Bonchev–Trinajstić information content (AvgIpc) is 3.37. The summed E-state index contributed by atoms with van der Waals surface area (Å²) in [4.78, 5) is 20.3.